The van der Waals surface area contributed by atoms with Crippen LogP contribution in [0.3, 0.4) is 0 Å². The number of hydrogen-bond acceptors (Lipinski definition) is 5. The van der Waals surface area contributed by atoms with E-state index in [-0.39, 0.29) is 12.7 Å². The Hall–Kier alpha value is -1.27. The van der Waals surface area contributed by atoms with Gasteiger partial charge in [-0.15, -0.1) is 11.3 Å². The Morgan fingerprint density at radius 2 is 2.14 bits per heavy atom. The second-order valence-electron chi connectivity index (χ2n) is 6.30. The number of rotatable bonds is 3. The molecular formula is C15H24N2O3S. The number of amides is 1. The molecule has 1 saturated heterocycles. The predicted octanol–water partition coefficient (Wildman–Crippen LogP) is 3.05. The molecule has 0 aliphatic carbocycles. The van der Waals surface area contributed by atoms with Crippen LogP contribution in [0.5, 0.6) is 0 Å². The van der Waals surface area contributed by atoms with Gasteiger partial charge in [0.25, 0.3) is 0 Å². The zero-order chi connectivity index (χ0) is 15.5. The lowest BCUT2D eigenvalue weighted by atomic mass is 10.1. The summed E-state index contributed by atoms with van der Waals surface area (Å²) in [4.78, 5) is 14.7. The molecule has 1 aliphatic heterocycles. The van der Waals surface area contributed by atoms with Gasteiger partial charge >= 0.3 is 6.09 Å². The lowest BCUT2D eigenvalue weighted by Gasteiger charge is -2.34. The number of likely N-dealkylation sites (tertiary alicyclic amines) is 1. The maximum Gasteiger partial charge on any atom is 0.410 e. The Morgan fingerprint density at radius 3 is 2.71 bits per heavy atom. The van der Waals surface area contributed by atoms with Gasteiger partial charge in [-0.25, -0.2) is 4.79 Å². The van der Waals surface area contributed by atoms with Crippen molar-refractivity contribution in [2.75, 3.05) is 18.4 Å². The summed E-state index contributed by atoms with van der Waals surface area (Å²) < 4.78 is 5.39. The standard InChI is InChI=1S/C15H24N2O3S/c1-15(2,3)20-14(19)17-7-4-11(5-8-17)16-12-6-9-21-13(12)10-18/h6,9,11,16,18H,4-5,7-8,10H2,1-3H3. The maximum absolute atomic E-state index is 12.0. The van der Waals surface area contributed by atoms with Crippen molar-refractivity contribution in [3.8, 4) is 0 Å². The first-order chi connectivity index (χ1) is 9.89. The summed E-state index contributed by atoms with van der Waals surface area (Å²) in [6.45, 7) is 7.11. The van der Waals surface area contributed by atoms with Gasteiger partial charge in [-0.05, 0) is 45.1 Å². The van der Waals surface area contributed by atoms with Crippen molar-refractivity contribution >= 4 is 23.1 Å². The zero-order valence-corrected chi connectivity index (χ0v) is 13.7. The van der Waals surface area contributed by atoms with Gasteiger partial charge in [0.1, 0.15) is 5.60 Å². The number of thiophene rings is 1. The van der Waals surface area contributed by atoms with Gasteiger partial charge < -0.3 is 20.1 Å². The highest BCUT2D eigenvalue weighted by molar-refractivity contribution is 7.10. The van der Waals surface area contributed by atoms with E-state index in [2.05, 4.69) is 5.32 Å². The van der Waals surface area contributed by atoms with E-state index in [9.17, 15) is 9.90 Å². The number of piperidine rings is 1. The van der Waals surface area contributed by atoms with Crippen molar-refractivity contribution in [1.82, 2.24) is 4.90 Å². The molecular weight excluding hydrogens is 288 g/mol. The summed E-state index contributed by atoms with van der Waals surface area (Å²) in [5, 5.41) is 14.7. The van der Waals surface area contributed by atoms with E-state index in [1.165, 1.54) is 0 Å². The molecule has 0 spiro atoms. The van der Waals surface area contributed by atoms with Gasteiger partial charge in [-0.3, -0.25) is 0 Å². The lowest BCUT2D eigenvalue weighted by Crippen LogP contribution is -2.44. The summed E-state index contributed by atoms with van der Waals surface area (Å²) in [6, 6.07) is 2.33. The molecule has 2 rings (SSSR count). The number of ether oxygens (including phenoxy) is 1. The van der Waals surface area contributed by atoms with E-state index in [4.69, 9.17) is 4.74 Å². The fraction of sp³-hybridized carbons (Fsp3) is 0.667. The van der Waals surface area contributed by atoms with Crippen molar-refractivity contribution in [3.63, 3.8) is 0 Å². The molecule has 1 aromatic heterocycles. The predicted molar refractivity (Wildman–Crippen MR) is 84.7 cm³/mol. The van der Waals surface area contributed by atoms with Crippen LogP contribution in [-0.4, -0.2) is 40.8 Å². The Labute approximate surface area is 129 Å². The first kappa shape index (κ1) is 16.1. The highest BCUT2D eigenvalue weighted by Crippen LogP contribution is 2.25. The first-order valence-electron chi connectivity index (χ1n) is 7.31. The molecule has 0 saturated carbocycles. The zero-order valence-electron chi connectivity index (χ0n) is 12.9. The van der Waals surface area contributed by atoms with Crippen molar-refractivity contribution in [2.24, 2.45) is 0 Å². The van der Waals surface area contributed by atoms with E-state index in [0.29, 0.717) is 19.1 Å². The summed E-state index contributed by atoms with van der Waals surface area (Å²) in [6.07, 6.45) is 1.55. The topological polar surface area (TPSA) is 61.8 Å². The second-order valence-corrected chi connectivity index (χ2v) is 7.30. The molecule has 1 fully saturated rings. The molecule has 118 valence electrons. The fourth-order valence-electron chi connectivity index (χ4n) is 2.34. The normalized spacial score (nSPS) is 16.9. The highest BCUT2D eigenvalue weighted by atomic mass is 32.1. The van der Waals surface area contributed by atoms with Crippen LogP contribution >= 0.6 is 11.3 Å². The van der Waals surface area contributed by atoms with Crippen LogP contribution < -0.4 is 5.32 Å². The summed E-state index contributed by atoms with van der Waals surface area (Å²) in [5.74, 6) is 0. The quantitative estimate of drug-likeness (QED) is 0.900. The average molecular weight is 312 g/mol. The van der Waals surface area contributed by atoms with Crippen LogP contribution in [0.15, 0.2) is 11.4 Å². The van der Waals surface area contributed by atoms with Crippen LogP contribution in [0.1, 0.15) is 38.5 Å². The Balaban J connectivity index is 1.82. The van der Waals surface area contributed by atoms with Crippen LogP contribution in [0.4, 0.5) is 10.5 Å². The van der Waals surface area contributed by atoms with Crippen molar-refractivity contribution in [1.29, 1.82) is 0 Å². The van der Waals surface area contributed by atoms with Gasteiger partial charge in [0.2, 0.25) is 0 Å². The minimum atomic E-state index is -0.446. The van der Waals surface area contributed by atoms with E-state index in [1.807, 2.05) is 32.2 Å². The number of carbonyl (C=O) groups is 1. The molecule has 1 aromatic rings. The van der Waals surface area contributed by atoms with E-state index in [0.717, 1.165) is 23.4 Å². The monoisotopic (exact) mass is 312 g/mol. The number of aliphatic hydroxyl groups excluding tert-OH is 1. The van der Waals surface area contributed by atoms with Gasteiger partial charge in [-0.1, -0.05) is 0 Å². The van der Waals surface area contributed by atoms with Crippen LogP contribution in [0.2, 0.25) is 0 Å². The number of carbonyl (C=O) groups excluding carboxylic acids is 1. The number of anilines is 1. The molecule has 1 aliphatic rings. The largest absolute Gasteiger partial charge is 0.444 e. The number of nitrogens with one attached hydrogen (secondary N) is 1. The summed E-state index contributed by atoms with van der Waals surface area (Å²) >= 11 is 1.55. The SMILES string of the molecule is CC(C)(C)OC(=O)N1CCC(Nc2ccsc2CO)CC1. The molecule has 0 atom stereocenters. The van der Waals surface area contributed by atoms with Gasteiger partial charge in [0.05, 0.1) is 17.2 Å². The Kier molecular flexibility index (Phi) is 5.11. The van der Waals surface area contributed by atoms with Gasteiger partial charge in [0.15, 0.2) is 0 Å². The Morgan fingerprint density at radius 1 is 1.48 bits per heavy atom. The molecule has 2 heterocycles. The van der Waals surface area contributed by atoms with Gasteiger partial charge in [0, 0.05) is 19.1 Å². The molecule has 21 heavy (non-hydrogen) atoms. The lowest BCUT2D eigenvalue weighted by molar-refractivity contribution is 0.0210. The highest BCUT2D eigenvalue weighted by Gasteiger charge is 2.27. The second kappa shape index (κ2) is 6.66. The van der Waals surface area contributed by atoms with Crippen molar-refractivity contribution in [3.05, 3.63) is 16.3 Å². The molecule has 0 aromatic carbocycles. The molecule has 0 radical (unpaired) electrons. The van der Waals surface area contributed by atoms with Crippen LogP contribution in [0.25, 0.3) is 0 Å². The van der Waals surface area contributed by atoms with E-state index >= 15 is 0 Å². The smallest absolute Gasteiger partial charge is 0.410 e. The number of aliphatic hydroxyl groups is 1. The fourth-order valence-corrected chi connectivity index (χ4v) is 3.04. The molecule has 5 nitrogen and oxygen atoms in total. The van der Waals surface area contributed by atoms with E-state index < -0.39 is 5.60 Å². The maximum atomic E-state index is 12.0. The molecule has 6 heteroatoms. The van der Waals surface area contributed by atoms with Crippen molar-refractivity contribution < 1.29 is 14.6 Å². The third kappa shape index (κ3) is 4.61. The van der Waals surface area contributed by atoms with Gasteiger partial charge in [-0.2, -0.15) is 0 Å². The number of hydrogen-bond donors (Lipinski definition) is 2. The minimum absolute atomic E-state index is 0.0662. The average Bonchev–Trinajstić information content (AvgIpc) is 2.85. The molecule has 1 amide bonds. The third-order valence-electron chi connectivity index (χ3n) is 3.40. The Bertz CT molecular complexity index is 474. The van der Waals surface area contributed by atoms with Crippen LogP contribution in [0, 0.1) is 0 Å². The van der Waals surface area contributed by atoms with Crippen molar-refractivity contribution in [2.45, 2.75) is 51.9 Å². The van der Waals surface area contributed by atoms with E-state index in [1.54, 1.807) is 16.2 Å². The molecule has 0 bridgehead atoms. The summed E-state index contributed by atoms with van der Waals surface area (Å²) in [5.41, 5.74) is 0.567. The summed E-state index contributed by atoms with van der Waals surface area (Å²) in [7, 11) is 0. The van der Waals surface area contributed by atoms with Crippen LogP contribution in [-0.2, 0) is 11.3 Å². The minimum Gasteiger partial charge on any atom is -0.444 e. The number of nitrogens with zero attached hydrogens (tertiary/aromatic N) is 1. The third-order valence-corrected chi connectivity index (χ3v) is 4.30. The first-order valence-corrected chi connectivity index (χ1v) is 8.18. The molecule has 0 unspecified atom stereocenters. The molecule has 2 N–H and O–H groups in total.